The van der Waals surface area contributed by atoms with E-state index in [1.165, 1.54) is 0 Å². The van der Waals surface area contributed by atoms with Gasteiger partial charge in [-0.15, -0.1) is 0 Å². The Morgan fingerprint density at radius 1 is 1.29 bits per heavy atom. The Balaban J connectivity index is 1.68. The molecule has 0 bridgehead atoms. The third-order valence-corrected chi connectivity index (χ3v) is 3.60. The summed E-state index contributed by atoms with van der Waals surface area (Å²) in [6.45, 7) is 4.61. The molecule has 112 valence electrons. The number of morpholine rings is 1. The van der Waals surface area contributed by atoms with E-state index >= 15 is 0 Å². The Labute approximate surface area is 132 Å². The molecule has 0 aromatic carbocycles. The Morgan fingerprint density at radius 2 is 2.05 bits per heavy atom. The minimum atomic E-state index is -0.177. The van der Waals surface area contributed by atoms with Crippen LogP contribution in [0, 0.1) is 6.92 Å². The molecule has 0 spiro atoms. The van der Waals surface area contributed by atoms with E-state index in [0.29, 0.717) is 35.2 Å². The molecule has 2 aromatic rings. The zero-order chi connectivity index (χ0) is 14.8. The van der Waals surface area contributed by atoms with Crippen molar-refractivity contribution in [2.24, 2.45) is 0 Å². The molecule has 0 N–H and O–H groups in total. The van der Waals surface area contributed by atoms with Gasteiger partial charge in [0.05, 0.1) is 6.61 Å². The molecule has 3 heterocycles. The van der Waals surface area contributed by atoms with E-state index in [9.17, 15) is 0 Å². The van der Waals surface area contributed by atoms with Crippen LogP contribution in [0.3, 0.4) is 0 Å². The number of nitrogens with zero attached hydrogens (tertiary/aromatic N) is 4. The summed E-state index contributed by atoms with van der Waals surface area (Å²) in [6.07, 6.45) is -0.177. The fourth-order valence-electron chi connectivity index (χ4n) is 2.31. The number of aryl methyl sites for hydroxylation is 1. The summed E-state index contributed by atoms with van der Waals surface area (Å²) in [5.41, 5.74) is 1.02. The number of ether oxygens (including phenoxy) is 1. The van der Waals surface area contributed by atoms with E-state index in [1.54, 1.807) is 6.92 Å². The van der Waals surface area contributed by atoms with Crippen LogP contribution in [0.25, 0.3) is 0 Å². The molecule has 21 heavy (non-hydrogen) atoms. The monoisotopic (exact) mass is 328 g/mol. The second-order valence-corrected chi connectivity index (χ2v) is 5.66. The van der Waals surface area contributed by atoms with Crippen molar-refractivity contribution in [1.82, 2.24) is 20.0 Å². The van der Waals surface area contributed by atoms with E-state index in [0.717, 1.165) is 18.7 Å². The highest BCUT2D eigenvalue weighted by molar-refractivity contribution is 6.32. The second kappa shape index (κ2) is 6.27. The molecule has 0 saturated carbocycles. The van der Waals surface area contributed by atoms with Crippen molar-refractivity contribution in [2.45, 2.75) is 19.6 Å². The molecule has 3 rings (SSSR count). The SMILES string of the molecule is Cc1nc([C@@H]2CN(Cc3cc(Cl)nc(Cl)c3)CCO2)no1. The predicted octanol–water partition coefficient (Wildman–Crippen LogP) is 2.65. The molecule has 2 aromatic heterocycles. The molecule has 8 heteroatoms. The van der Waals surface area contributed by atoms with E-state index in [-0.39, 0.29) is 6.10 Å². The highest BCUT2D eigenvalue weighted by Gasteiger charge is 2.25. The van der Waals surface area contributed by atoms with E-state index in [4.69, 9.17) is 32.5 Å². The van der Waals surface area contributed by atoms with Crippen molar-refractivity contribution in [2.75, 3.05) is 19.7 Å². The first kappa shape index (κ1) is 14.7. The van der Waals surface area contributed by atoms with Crippen molar-refractivity contribution in [3.8, 4) is 0 Å². The van der Waals surface area contributed by atoms with Gasteiger partial charge in [-0.2, -0.15) is 4.98 Å². The normalized spacial score (nSPS) is 19.9. The lowest BCUT2D eigenvalue weighted by Gasteiger charge is -2.31. The van der Waals surface area contributed by atoms with Gasteiger partial charge in [0.2, 0.25) is 11.7 Å². The van der Waals surface area contributed by atoms with Crippen molar-refractivity contribution in [1.29, 1.82) is 0 Å². The lowest BCUT2D eigenvalue weighted by Crippen LogP contribution is -2.38. The third-order valence-electron chi connectivity index (χ3n) is 3.21. The summed E-state index contributed by atoms with van der Waals surface area (Å²) in [5.74, 6) is 1.13. The molecular formula is C13H14Cl2N4O2. The molecule has 6 nitrogen and oxygen atoms in total. The molecular weight excluding hydrogens is 315 g/mol. The van der Waals surface area contributed by atoms with Crippen LogP contribution in [0.1, 0.15) is 23.4 Å². The van der Waals surface area contributed by atoms with Crippen LogP contribution in [0.5, 0.6) is 0 Å². The highest BCUT2D eigenvalue weighted by Crippen LogP contribution is 2.22. The van der Waals surface area contributed by atoms with Crippen LogP contribution in [-0.4, -0.2) is 39.7 Å². The van der Waals surface area contributed by atoms with Gasteiger partial charge >= 0.3 is 0 Å². The maximum atomic E-state index is 5.92. The maximum Gasteiger partial charge on any atom is 0.223 e. The molecule has 0 radical (unpaired) electrons. The summed E-state index contributed by atoms with van der Waals surface area (Å²) in [7, 11) is 0. The first-order valence-corrected chi connectivity index (χ1v) is 7.32. The molecule has 1 aliphatic heterocycles. The number of rotatable bonds is 3. The fraction of sp³-hybridized carbons (Fsp3) is 0.462. The first-order chi connectivity index (χ1) is 10.1. The number of pyridine rings is 1. The fourth-order valence-corrected chi connectivity index (χ4v) is 2.82. The van der Waals surface area contributed by atoms with Gasteiger partial charge in [0.25, 0.3) is 0 Å². The Bertz CT molecular complexity index is 614. The molecule has 1 fully saturated rings. The summed E-state index contributed by atoms with van der Waals surface area (Å²) in [4.78, 5) is 10.4. The Hall–Kier alpha value is -1.21. The van der Waals surface area contributed by atoms with Crippen LogP contribution in [0.2, 0.25) is 10.3 Å². The molecule has 0 amide bonds. The standard InChI is InChI=1S/C13H14Cl2N4O2/c1-8-16-13(18-21-8)10-7-19(2-3-20-10)6-9-4-11(14)17-12(15)5-9/h4-5,10H,2-3,6-7H2,1H3/t10-/m0/s1. The minimum absolute atomic E-state index is 0.177. The first-order valence-electron chi connectivity index (χ1n) is 6.56. The van der Waals surface area contributed by atoms with Crippen LogP contribution >= 0.6 is 23.2 Å². The van der Waals surface area contributed by atoms with Gasteiger partial charge in [-0.1, -0.05) is 28.4 Å². The van der Waals surface area contributed by atoms with Crippen molar-refractivity contribution in [3.63, 3.8) is 0 Å². The largest absolute Gasteiger partial charge is 0.367 e. The molecule has 1 aliphatic rings. The highest BCUT2D eigenvalue weighted by atomic mass is 35.5. The number of aromatic nitrogens is 3. The van der Waals surface area contributed by atoms with E-state index < -0.39 is 0 Å². The third kappa shape index (κ3) is 3.71. The summed E-state index contributed by atoms with van der Waals surface area (Å²) >= 11 is 11.8. The predicted molar refractivity (Wildman–Crippen MR) is 77.3 cm³/mol. The zero-order valence-corrected chi connectivity index (χ0v) is 12.9. The molecule has 1 saturated heterocycles. The topological polar surface area (TPSA) is 64.3 Å². The van der Waals surface area contributed by atoms with Gasteiger partial charge in [-0.25, -0.2) is 4.98 Å². The van der Waals surface area contributed by atoms with Crippen LogP contribution < -0.4 is 0 Å². The quantitative estimate of drug-likeness (QED) is 0.807. The van der Waals surface area contributed by atoms with Gasteiger partial charge in [0.1, 0.15) is 16.4 Å². The van der Waals surface area contributed by atoms with E-state index in [2.05, 4.69) is 20.0 Å². The Kier molecular flexibility index (Phi) is 4.40. The van der Waals surface area contributed by atoms with Gasteiger partial charge in [-0.05, 0) is 17.7 Å². The summed E-state index contributed by atoms with van der Waals surface area (Å²) < 4.78 is 10.7. The van der Waals surface area contributed by atoms with E-state index in [1.807, 2.05) is 12.1 Å². The van der Waals surface area contributed by atoms with Crippen molar-refractivity contribution < 1.29 is 9.26 Å². The van der Waals surface area contributed by atoms with Crippen molar-refractivity contribution >= 4 is 23.2 Å². The maximum absolute atomic E-state index is 5.92. The lowest BCUT2D eigenvalue weighted by molar-refractivity contribution is -0.0380. The van der Waals surface area contributed by atoms with Crippen molar-refractivity contribution in [3.05, 3.63) is 39.7 Å². The summed E-state index contributed by atoms with van der Waals surface area (Å²) in [6, 6.07) is 3.63. The van der Waals surface area contributed by atoms with Crippen LogP contribution in [-0.2, 0) is 11.3 Å². The van der Waals surface area contributed by atoms with Gasteiger partial charge in [-0.3, -0.25) is 4.90 Å². The number of hydrogen-bond acceptors (Lipinski definition) is 6. The average molecular weight is 329 g/mol. The lowest BCUT2D eigenvalue weighted by atomic mass is 10.2. The molecule has 0 aliphatic carbocycles. The molecule has 0 unspecified atom stereocenters. The minimum Gasteiger partial charge on any atom is -0.367 e. The van der Waals surface area contributed by atoms with Gasteiger partial charge in [0, 0.05) is 26.6 Å². The Morgan fingerprint density at radius 3 is 2.71 bits per heavy atom. The summed E-state index contributed by atoms with van der Waals surface area (Å²) in [5, 5.41) is 4.72. The van der Waals surface area contributed by atoms with Crippen LogP contribution in [0.15, 0.2) is 16.7 Å². The van der Waals surface area contributed by atoms with Gasteiger partial charge < -0.3 is 9.26 Å². The number of hydrogen-bond donors (Lipinski definition) is 0. The second-order valence-electron chi connectivity index (χ2n) is 4.89. The zero-order valence-electron chi connectivity index (χ0n) is 11.4. The molecule has 1 atom stereocenters. The number of halogens is 2. The van der Waals surface area contributed by atoms with Gasteiger partial charge in [0.15, 0.2) is 0 Å². The van der Waals surface area contributed by atoms with Crippen LogP contribution in [0.4, 0.5) is 0 Å². The smallest absolute Gasteiger partial charge is 0.223 e. The average Bonchev–Trinajstić information content (AvgIpc) is 2.84.